The molecule has 1 aromatic heterocycles. The number of nitrogens with two attached hydrogens (primary N) is 1. The minimum Gasteiger partial charge on any atom is -0.374 e. The van der Waals surface area contributed by atoms with Crippen LogP contribution in [0.3, 0.4) is 0 Å². The molecule has 0 aliphatic carbocycles. The SMILES string of the molecule is CC(NC1CCN(C)CC1)c1cc2c3c(c1)cc(C#CCNc1ccc(S(N)(=O)=O)cc1)n3CCC2. The second-order valence-corrected chi connectivity index (χ2v) is 11.7. The van der Waals surface area contributed by atoms with Crippen molar-refractivity contribution in [2.75, 3.05) is 32.0 Å². The molecule has 0 amide bonds. The molecular formula is C28H35N5O2S. The van der Waals surface area contributed by atoms with Crippen LogP contribution in [0, 0.1) is 11.8 Å². The summed E-state index contributed by atoms with van der Waals surface area (Å²) in [5.41, 5.74) is 5.96. The molecule has 0 saturated carbocycles. The molecule has 36 heavy (non-hydrogen) atoms. The van der Waals surface area contributed by atoms with Crippen molar-refractivity contribution in [3.8, 4) is 11.8 Å². The van der Waals surface area contributed by atoms with Crippen LogP contribution in [0.25, 0.3) is 10.9 Å². The number of primary sulfonamides is 1. The van der Waals surface area contributed by atoms with Crippen LogP contribution in [-0.4, -0.2) is 50.6 Å². The summed E-state index contributed by atoms with van der Waals surface area (Å²) >= 11 is 0. The van der Waals surface area contributed by atoms with Crippen molar-refractivity contribution in [1.82, 2.24) is 14.8 Å². The monoisotopic (exact) mass is 505 g/mol. The van der Waals surface area contributed by atoms with E-state index in [0.717, 1.165) is 43.9 Å². The third-order valence-corrected chi connectivity index (χ3v) is 8.34. The standard InChI is InChI=1S/C28H35N5O2S/c1-20(31-25-11-15-32(2)16-12-25)22-17-21-5-4-14-33-26(19-23(18-22)28(21)33)6-3-13-30-24-7-9-27(10-8-24)36(29,34)35/h7-10,17-20,25,30-31H,4-5,11-16H2,1-2H3,(H2,29,34,35). The second-order valence-electron chi connectivity index (χ2n) is 10.1. The Morgan fingerprint density at radius 3 is 2.58 bits per heavy atom. The molecule has 3 aromatic rings. The largest absolute Gasteiger partial charge is 0.374 e. The lowest BCUT2D eigenvalue weighted by Crippen LogP contribution is -2.41. The summed E-state index contributed by atoms with van der Waals surface area (Å²) in [6.07, 6.45) is 4.64. The smallest absolute Gasteiger partial charge is 0.238 e. The average Bonchev–Trinajstić information content (AvgIpc) is 3.22. The summed E-state index contributed by atoms with van der Waals surface area (Å²) in [7, 11) is -1.48. The van der Waals surface area contributed by atoms with Crippen molar-refractivity contribution >= 4 is 26.6 Å². The molecule has 1 fully saturated rings. The van der Waals surface area contributed by atoms with Gasteiger partial charge in [-0.1, -0.05) is 12.0 Å². The van der Waals surface area contributed by atoms with Crippen molar-refractivity contribution in [3.05, 3.63) is 59.3 Å². The Balaban J connectivity index is 1.30. The maximum absolute atomic E-state index is 11.4. The summed E-state index contributed by atoms with van der Waals surface area (Å²) in [6.45, 7) is 6.07. The Morgan fingerprint density at radius 2 is 1.86 bits per heavy atom. The molecule has 2 aliphatic rings. The Labute approximate surface area is 214 Å². The van der Waals surface area contributed by atoms with Crippen LogP contribution >= 0.6 is 0 Å². The fraction of sp³-hybridized carbons (Fsp3) is 0.429. The van der Waals surface area contributed by atoms with Crippen LogP contribution in [0.2, 0.25) is 0 Å². The lowest BCUT2D eigenvalue weighted by atomic mass is 9.96. The second kappa shape index (κ2) is 10.3. The first-order valence-electron chi connectivity index (χ1n) is 12.7. The molecule has 3 heterocycles. The number of likely N-dealkylation sites (tertiary alicyclic amines) is 1. The van der Waals surface area contributed by atoms with E-state index in [1.54, 1.807) is 12.1 Å². The minimum absolute atomic E-state index is 0.101. The first kappa shape index (κ1) is 24.8. The molecule has 7 nitrogen and oxygen atoms in total. The van der Waals surface area contributed by atoms with Crippen LogP contribution in [0.15, 0.2) is 47.4 Å². The first-order chi connectivity index (χ1) is 17.3. The van der Waals surface area contributed by atoms with Gasteiger partial charge in [0.05, 0.1) is 22.7 Å². The highest BCUT2D eigenvalue weighted by Crippen LogP contribution is 2.32. The van der Waals surface area contributed by atoms with Crippen molar-refractivity contribution in [2.45, 2.75) is 56.1 Å². The van der Waals surface area contributed by atoms with E-state index in [9.17, 15) is 8.42 Å². The van der Waals surface area contributed by atoms with E-state index in [0.29, 0.717) is 18.6 Å². The van der Waals surface area contributed by atoms with Gasteiger partial charge in [-0.3, -0.25) is 0 Å². The lowest BCUT2D eigenvalue weighted by Gasteiger charge is -2.32. The van der Waals surface area contributed by atoms with E-state index in [4.69, 9.17) is 5.14 Å². The third kappa shape index (κ3) is 5.45. The highest BCUT2D eigenvalue weighted by atomic mass is 32.2. The molecule has 1 unspecified atom stereocenters. The lowest BCUT2D eigenvalue weighted by molar-refractivity contribution is 0.226. The summed E-state index contributed by atoms with van der Waals surface area (Å²) in [4.78, 5) is 2.51. The number of rotatable bonds is 6. The highest BCUT2D eigenvalue weighted by Gasteiger charge is 2.21. The molecular weight excluding hydrogens is 470 g/mol. The number of aryl methyl sites for hydroxylation is 2. The molecule has 5 rings (SSSR count). The predicted molar refractivity (Wildman–Crippen MR) is 146 cm³/mol. The number of benzene rings is 2. The highest BCUT2D eigenvalue weighted by molar-refractivity contribution is 7.89. The molecule has 0 spiro atoms. The summed E-state index contributed by atoms with van der Waals surface area (Å²) in [6, 6.07) is 14.3. The number of nitrogens with one attached hydrogen (secondary N) is 2. The van der Waals surface area contributed by atoms with Gasteiger partial charge in [-0.05, 0) is 106 Å². The molecule has 2 aromatic carbocycles. The van der Waals surface area contributed by atoms with Crippen LogP contribution in [0.1, 0.15) is 49.0 Å². The van der Waals surface area contributed by atoms with Gasteiger partial charge in [0.1, 0.15) is 0 Å². The molecule has 8 heteroatoms. The molecule has 0 bridgehead atoms. The van der Waals surface area contributed by atoms with Gasteiger partial charge in [-0.25, -0.2) is 13.6 Å². The van der Waals surface area contributed by atoms with E-state index < -0.39 is 10.0 Å². The van der Waals surface area contributed by atoms with E-state index in [1.165, 1.54) is 47.0 Å². The third-order valence-electron chi connectivity index (χ3n) is 7.41. The maximum Gasteiger partial charge on any atom is 0.238 e. The number of hydrogen-bond donors (Lipinski definition) is 3. The van der Waals surface area contributed by atoms with Gasteiger partial charge in [0.25, 0.3) is 0 Å². The van der Waals surface area contributed by atoms with E-state index in [2.05, 4.69) is 64.1 Å². The Kier molecular flexibility index (Phi) is 7.09. The number of nitrogens with zero attached hydrogens (tertiary/aromatic N) is 2. The number of aromatic nitrogens is 1. The van der Waals surface area contributed by atoms with Gasteiger partial charge < -0.3 is 20.1 Å². The van der Waals surface area contributed by atoms with Crippen LogP contribution in [0.5, 0.6) is 0 Å². The number of sulfonamides is 1. The van der Waals surface area contributed by atoms with Gasteiger partial charge in [0.2, 0.25) is 10.0 Å². The van der Waals surface area contributed by atoms with Crippen molar-refractivity contribution < 1.29 is 8.42 Å². The zero-order valence-electron chi connectivity index (χ0n) is 21.0. The Morgan fingerprint density at radius 1 is 1.11 bits per heavy atom. The van der Waals surface area contributed by atoms with Crippen LogP contribution in [0.4, 0.5) is 5.69 Å². The van der Waals surface area contributed by atoms with Gasteiger partial charge in [0, 0.05) is 29.7 Å². The Hall–Kier alpha value is -2.83. The first-order valence-corrected chi connectivity index (χ1v) is 14.3. The Bertz CT molecular complexity index is 1410. The van der Waals surface area contributed by atoms with E-state index in [-0.39, 0.29) is 4.90 Å². The topological polar surface area (TPSA) is 92.4 Å². The van der Waals surface area contributed by atoms with Gasteiger partial charge in [-0.2, -0.15) is 0 Å². The van der Waals surface area contributed by atoms with Crippen molar-refractivity contribution in [1.29, 1.82) is 0 Å². The van der Waals surface area contributed by atoms with E-state index in [1.807, 2.05) is 0 Å². The van der Waals surface area contributed by atoms with Gasteiger partial charge >= 0.3 is 0 Å². The zero-order valence-corrected chi connectivity index (χ0v) is 21.9. The summed E-state index contributed by atoms with van der Waals surface area (Å²) in [5.74, 6) is 6.58. The van der Waals surface area contributed by atoms with Gasteiger partial charge in [0.15, 0.2) is 0 Å². The molecule has 190 valence electrons. The fourth-order valence-electron chi connectivity index (χ4n) is 5.40. The summed E-state index contributed by atoms with van der Waals surface area (Å²) in [5, 5.41) is 13.5. The van der Waals surface area contributed by atoms with Crippen LogP contribution in [-0.2, 0) is 23.0 Å². The average molecular weight is 506 g/mol. The van der Waals surface area contributed by atoms with Crippen LogP contribution < -0.4 is 15.8 Å². The number of anilines is 1. The fourth-order valence-corrected chi connectivity index (χ4v) is 5.92. The predicted octanol–water partition coefficient (Wildman–Crippen LogP) is 3.44. The molecule has 1 atom stereocenters. The van der Waals surface area contributed by atoms with Crippen molar-refractivity contribution in [2.24, 2.45) is 5.14 Å². The molecule has 2 aliphatic heterocycles. The maximum atomic E-state index is 11.4. The molecule has 1 saturated heterocycles. The van der Waals surface area contributed by atoms with Gasteiger partial charge in [-0.15, -0.1) is 0 Å². The zero-order chi connectivity index (χ0) is 25.3. The quantitative estimate of drug-likeness (QED) is 0.447. The number of piperidine rings is 1. The van der Waals surface area contributed by atoms with Crippen molar-refractivity contribution in [3.63, 3.8) is 0 Å². The molecule has 4 N–H and O–H groups in total. The minimum atomic E-state index is -3.68. The van der Waals surface area contributed by atoms with E-state index >= 15 is 0 Å². The normalized spacial score (nSPS) is 17.5. The number of hydrogen-bond acceptors (Lipinski definition) is 5. The molecule has 0 radical (unpaired) electrons. The summed E-state index contributed by atoms with van der Waals surface area (Å²) < 4.78 is 25.2.